The fourth-order valence-electron chi connectivity index (χ4n) is 2.14. The summed E-state index contributed by atoms with van der Waals surface area (Å²) in [6.07, 6.45) is 0.929. The number of likely N-dealkylation sites (tertiary alicyclic amines) is 1. The summed E-state index contributed by atoms with van der Waals surface area (Å²) in [5.74, 6) is 0. The van der Waals surface area contributed by atoms with Crippen molar-refractivity contribution in [3.05, 3.63) is 28.2 Å². The molecule has 2 amide bonds. The zero-order valence-corrected chi connectivity index (χ0v) is 12.3. The molecule has 1 atom stereocenters. The van der Waals surface area contributed by atoms with Crippen LogP contribution in [0.5, 0.6) is 0 Å². The van der Waals surface area contributed by atoms with Crippen molar-refractivity contribution in [3.8, 4) is 0 Å². The molecule has 1 aliphatic rings. The first-order valence-electron chi connectivity index (χ1n) is 6.15. The lowest BCUT2D eigenvalue weighted by molar-refractivity contribution is 0.216. The molecule has 4 nitrogen and oxygen atoms in total. The van der Waals surface area contributed by atoms with Crippen molar-refractivity contribution < 1.29 is 4.79 Å². The molecule has 2 rings (SSSR count). The molecule has 0 saturated carbocycles. The Morgan fingerprint density at radius 3 is 2.79 bits per heavy atom. The van der Waals surface area contributed by atoms with Gasteiger partial charge >= 0.3 is 6.03 Å². The number of halogens is 2. The summed E-state index contributed by atoms with van der Waals surface area (Å²) in [6.45, 7) is 4.08. The highest BCUT2D eigenvalue weighted by molar-refractivity contribution is 6.42. The molecule has 1 aliphatic heterocycles. The zero-order valence-electron chi connectivity index (χ0n) is 10.7. The van der Waals surface area contributed by atoms with E-state index in [2.05, 4.69) is 12.2 Å². The molecule has 6 heteroatoms. The van der Waals surface area contributed by atoms with Crippen molar-refractivity contribution in [1.29, 1.82) is 0 Å². The van der Waals surface area contributed by atoms with Gasteiger partial charge in [0.25, 0.3) is 0 Å². The number of amides is 2. The first-order valence-corrected chi connectivity index (χ1v) is 6.90. The minimum Gasteiger partial charge on any atom is -0.330 e. The van der Waals surface area contributed by atoms with Gasteiger partial charge in [-0.1, -0.05) is 30.1 Å². The topological polar surface area (TPSA) is 58.4 Å². The summed E-state index contributed by atoms with van der Waals surface area (Å²) in [5, 5.41) is 3.71. The summed E-state index contributed by atoms with van der Waals surface area (Å²) >= 11 is 11.7. The Morgan fingerprint density at radius 1 is 1.47 bits per heavy atom. The number of hydrogen-bond acceptors (Lipinski definition) is 2. The predicted molar refractivity (Wildman–Crippen MR) is 78.8 cm³/mol. The number of nitrogens with zero attached hydrogens (tertiary/aromatic N) is 1. The average Bonchev–Trinajstić information content (AvgIpc) is 2.78. The Bertz CT molecular complexity index is 495. The van der Waals surface area contributed by atoms with Gasteiger partial charge in [-0.25, -0.2) is 4.79 Å². The summed E-state index contributed by atoms with van der Waals surface area (Å²) in [5.41, 5.74) is 6.39. The molecule has 1 fully saturated rings. The second kappa shape index (κ2) is 5.57. The van der Waals surface area contributed by atoms with Gasteiger partial charge in [0.2, 0.25) is 0 Å². The molecule has 0 aromatic heterocycles. The lowest BCUT2D eigenvalue weighted by Crippen LogP contribution is -2.36. The Hall–Kier alpha value is -0.970. The van der Waals surface area contributed by atoms with Gasteiger partial charge in [-0.2, -0.15) is 0 Å². The van der Waals surface area contributed by atoms with Gasteiger partial charge in [-0.15, -0.1) is 0 Å². The first kappa shape index (κ1) is 14.4. The van der Waals surface area contributed by atoms with Crippen LogP contribution >= 0.6 is 23.2 Å². The molecule has 3 N–H and O–H groups in total. The lowest BCUT2D eigenvalue weighted by Gasteiger charge is -2.22. The van der Waals surface area contributed by atoms with Crippen LogP contribution in [0.25, 0.3) is 0 Å². The van der Waals surface area contributed by atoms with E-state index in [1.165, 1.54) is 0 Å². The van der Waals surface area contributed by atoms with E-state index in [1.54, 1.807) is 23.1 Å². The van der Waals surface area contributed by atoms with Crippen LogP contribution in [0.1, 0.15) is 13.3 Å². The van der Waals surface area contributed by atoms with Crippen LogP contribution in [-0.2, 0) is 0 Å². The minimum atomic E-state index is -0.129. The van der Waals surface area contributed by atoms with E-state index in [0.29, 0.717) is 28.8 Å². The fourth-order valence-corrected chi connectivity index (χ4v) is 2.44. The van der Waals surface area contributed by atoms with Gasteiger partial charge in [0, 0.05) is 18.8 Å². The smallest absolute Gasteiger partial charge is 0.321 e. The molecule has 1 aromatic carbocycles. The van der Waals surface area contributed by atoms with E-state index in [9.17, 15) is 4.79 Å². The number of nitrogens with two attached hydrogens (primary N) is 1. The van der Waals surface area contributed by atoms with E-state index < -0.39 is 0 Å². The Labute approximate surface area is 122 Å². The third-order valence-electron chi connectivity index (χ3n) is 3.51. The van der Waals surface area contributed by atoms with Crippen molar-refractivity contribution in [2.24, 2.45) is 11.1 Å². The number of carbonyl (C=O) groups excluding carboxylic acids is 1. The SMILES string of the molecule is CC1(CN)CCN(C(=O)Nc2ccc(Cl)c(Cl)c2)C1. The number of rotatable bonds is 2. The van der Waals surface area contributed by atoms with Gasteiger partial charge in [0.15, 0.2) is 0 Å². The van der Waals surface area contributed by atoms with Gasteiger partial charge in [0.1, 0.15) is 0 Å². The van der Waals surface area contributed by atoms with Crippen molar-refractivity contribution in [2.75, 3.05) is 25.0 Å². The van der Waals surface area contributed by atoms with Crippen LogP contribution < -0.4 is 11.1 Å². The van der Waals surface area contributed by atoms with Gasteiger partial charge < -0.3 is 16.0 Å². The number of anilines is 1. The second-order valence-electron chi connectivity index (χ2n) is 5.25. The molecule has 1 aromatic rings. The van der Waals surface area contributed by atoms with Gasteiger partial charge in [0.05, 0.1) is 10.0 Å². The molecule has 0 radical (unpaired) electrons. The molecule has 1 saturated heterocycles. The Morgan fingerprint density at radius 2 is 2.21 bits per heavy atom. The normalized spacial score (nSPS) is 22.6. The van der Waals surface area contributed by atoms with E-state index in [4.69, 9.17) is 28.9 Å². The van der Waals surface area contributed by atoms with Gasteiger partial charge in [-0.3, -0.25) is 0 Å². The first-order chi connectivity index (χ1) is 8.93. The van der Waals surface area contributed by atoms with Crippen LogP contribution in [0.15, 0.2) is 18.2 Å². The molecular weight excluding hydrogens is 285 g/mol. The Kier molecular flexibility index (Phi) is 4.23. The van der Waals surface area contributed by atoms with Crippen LogP contribution in [-0.4, -0.2) is 30.6 Å². The summed E-state index contributed by atoms with van der Waals surface area (Å²) in [6, 6.07) is 4.90. The van der Waals surface area contributed by atoms with Crippen LogP contribution in [0.4, 0.5) is 10.5 Å². The number of urea groups is 1. The fraction of sp³-hybridized carbons (Fsp3) is 0.462. The number of carbonyl (C=O) groups is 1. The molecule has 1 heterocycles. The quantitative estimate of drug-likeness (QED) is 0.881. The van der Waals surface area contributed by atoms with Crippen molar-refractivity contribution in [1.82, 2.24) is 4.90 Å². The molecule has 0 spiro atoms. The zero-order chi connectivity index (χ0) is 14.0. The van der Waals surface area contributed by atoms with E-state index in [0.717, 1.165) is 13.0 Å². The van der Waals surface area contributed by atoms with Crippen LogP contribution in [0.2, 0.25) is 10.0 Å². The molecule has 0 aliphatic carbocycles. The third-order valence-corrected chi connectivity index (χ3v) is 4.25. The standard InChI is InChI=1S/C13H17Cl2N3O/c1-13(7-16)4-5-18(8-13)12(19)17-9-2-3-10(14)11(15)6-9/h2-3,6H,4-5,7-8,16H2,1H3,(H,17,19). The summed E-state index contributed by atoms with van der Waals surface area (Å²) in [7, 11) is 0. The van der Waals surface area contributed by atoms with Crippen molar-refractivity contribution in [2.45, 2.75) is 13.3 Å². The Balaban J connectivity index is 2.00. The lowest BCUT2D eigenvalue weighted by atomic mass is 9.90. The minimum absolute atomic E-state index is 0.0228. The number of nitrogens with one attached hydrogen (secondary N) is 1. The predicted octanol–water partition coefficient (Wildman–Crippen LogP) is 3.20. The highest BCUT2D eigenvalue weighted by Crippen LogP contribution is 2.29. The molecular formula is C13H17Cl2N3O. The molecule has 0 bridgehead atoms. The van der Waals surface area contributed by atoms with E-state index in [-0.39, 0.29) is 11.4 Å². The monoisotopic (exact) mass is 301 g/mol. The third kappa shape index (κ3) is 3.32. The largest absolute Gasteiger partial charge is 0.330 e. The molecule has 1 unspecified atom stereocenters. The summed E-state index contributed by atoms with van der Waals surface area (Å²) in [4.78, 5) is 13.9. The highest BCUT2D eigenvalue weighted by Gasteiger charge is 2.34. The van der Waals surface area contributed by atoms with E-state index >= 15 is 0 Å². The van der Waals surface area contributed by atoms with Crippen LogP contribution in [0, 0.1) is 5.41 Å². The number of hydrogen-bond donors (Lipinski definition) is 2. The average molecular weight is 302 g/mol. The maximum absolute atomic E-state index is 12.1. The maximum atomic E-state index is 12.1. The van der Waals surface area contributed by atoms with Crippen LogP contribution in [0.3, 0.4) is 0 Å². The second-order valence-corrected chi connectivity index (χ2v) is 6.06. The molecule has 104 valence electrons. The molecule has 19 heavy (non-hydrogen) atoms. The van der Waals surface area contributed by atoms with E-state index in [1.807, 2.05) is 0 Å². The summed E-state index contributed by atoms with van der Waals surface area (Å²) < 4.78 is 0. The highest BCUT2D eigenvalue weighted by atomic mass is 35.5. The number of benzene rings is 1. The van der Waals surface area contributed by atoms with Crippen molar-refractivity contribution >= 4 is 34.9 Å². The maximum Gasteiger partial charge on any atom is 0.321 e. The van der Waals surface area contributed by atoms with Crippen molar-refractivity contribution in [3.63, 3.8) is 0 Å². The van der Waals surface area contributed by atoms with Gasteiger partial charge in [-0.05, 0) is 36.6 Å².